The smallest absolute Gasteiger partial charge is 0.314 e. The Morgan fingerprint density at radius 2 is 2.05 bits per heavy atom. The number of nitrogens with one attached hydrogen (secondary N) is 2. The van der Waals surface area contributed by atoms with E-state index >= 15 is 0 Å². The largest absolute Gasteiger partial charge is 0.330 e. The SMILES string of the molecule is O=c1[nH]ccn1-c1ccc(CC2CCCCN2)cc1. The lowest BCUT2D eigenvalue weighted by Crippen LogP contribution is -2.35. The van der Waals surface area contributed by atoms with Crippen LogP contribution in [0.5, 0.6) is 0 Å². The number of rotatable bonds is 3. The van der Waals surface area contributed by atoms with Gasteiger partial charge in [0.2, 0.25) is 0 Å². The quantitative estimate of drug-likeness (QED) is 0.881. The number of aromatic nitrogens is 2. The van der Waals surface area contributed by atoms with Crippen LogP contribution >= 0.6 is 0 Å². The summed E-state index contributed by atoms with van der Waals surface area (Å²) in [5.74, 6) is 0. The van der Waals surface area contributed by atoms with Crippen LogP contribution in [0.25, 0.3) is 5.69 Å². The van der Waals surface area contributed by atoms with Gasteiger partial charge in [0.25, 0.3) is 0 Å². The summed E-state index contributed by atoms with van der Waals surface area (Å²) in [6.45, 7) is 1.14. The first-order valence-corrected chi connectivity index (χ1v) is 6.92. The van der Waals surface area contributed by atoms with Gasteiger partial charge in [-0.3, -0.25) is 4.57 Å². The van der Waals surface area contributed by atoms with Crippen LogP contribution in [0, 0.1) is 0 Å². The molecule has 1 aliphatic heterocycles. The molecule has 0 radical (unpaired) electrons. The standard InChI is InChI=1S/C15H19N3O/c19-15-17-9-10-18(15)14-6-4-12(5-7-14)11-13-3-1-2-8-16-13/h4-7,9-10,13,16H,1-3,8,11H2,(H,17,19). The zero-order valence-corrected chi connectivity index (χ0v) is 10.9. The Bertz CT molecular complexity index is 576. The molecule has 1 aromatic carbocycles. The maximum atomic E-state index is 11.5. The molecule has 3 rings (SSSR count). The third-order valence-corrected chi connectivity index (χ3v) is 3.76. The van der Waals surface area contributed by atoms with Gasteiger partial charge in [-0.15, -0.1) is 0 Å². The lowest BCUT2D eigenvalue weighted by molar-refractivity contribution is 0.399. The monoisotopic (exact) mass is 257 g/mol. The van der Waals surface area contributed by atoms with Crippen LogP contribution in [-0.2, 0) is 6.42 Å². The molecule has 0 bridgehead atoms. The van der Waals surface area contributed by atoms with Gasteiger partial charge < -0.3 is 10.3 Å². The van der Waals surface area contributed by atoms with Gasteiger partial charge in [0.15, 0.2) is 0 Å². The Morgan fingerprint density at radius 1 is 1.21 bits per heavy atom. The molecule has 0 amide bonds. The Kier molecular flexibility index (Phi) is 3.51. The van der Waals surface area contributed by atoms with Crippen LogP contribution in [-0.4, -0.2) is 22.1 Å². The van der Waals surface area contributed by atoms with E-state index in [0.717, 1.165) is 18.7 Å². The highest BCUT2D eigenvalue weighted by Crippen LogP contribution is 2.14. The first-order chi connectivity index (χ1) is 9.33. The van der Waals surface area contributed by atoms with Gasteiger partial charge in [-0.2, -0.15) is 0 Å². The van der Waals surface area contributed by atoms with E-state index in [0.29, 0.717) is 6.04 Å². The van der Waals surface area contributed by atoms with E-state index in [1.807, 2.05) is 12.1 Å². The number of aromatic amines is 1. The predicted octanol–water partition coefficient (Wildman–Crippen LogP) is 1.85. The van der Waals surface area contributed by atoms with Gasteiger partial charge in [-0.25, -0.2) is 4.79 Å². The number of H-pyrrole nitrogens is 1. The molecule has 1 saturated heterocycles. The molecule has 1 fully saturated rings. The molecular weight excluding hydrogens is 238 g/mol. The van der Waals surface area contributed by atoms with Crippen LogP contribution in [0.3, 0.4) is 0 Å². The van der Waals surface area contributed by atoms with E-state index < -0.39 is 0 Å². The van der Waals surface area contributed by atoms with Crippen molar-refractivity contribution in [3.8, 4) is 5.69 Å². The van der Waals surface area contributed by atoms with Crippen LogP contribution in [0.2, 0.25) is 0 Å². The van der Waals surface area contributed by atoms with Gasteiger partial charge in [-0.1, -0.05) is 18.6 Å². The normalized spacial score (nSPS) is 19.5. The summed E-state index contributed by atoms with van der Waals surface area (Å²) in [4.78, 5) is 14.2. The molecule has 1 aromatic heterocycles. The van der Waals surface area contributed by atoms with Crippen molar-refractivity contribution >= 4 is 0 Å². The molecule has 1 atom stereocenters. The van der Waals surface area contributed by atoms with Crippen molar-refractivity contribution in [2.75, 3.05) is 6.54 Å². The van der Waals surface area contributed by atoms with Crippen molar-refractivity contribution in [2.24, 2.45) is 0 Å². The van der Waals surface area contributed by atoms with E-state index in [1.54, 1.807) is 17.0 Å². The highest BCUT2D eigenvalue weighted by molar-refractivity contribution is 5.34. The summed E-state index contributed by atoms with van der Waals surface area (Å²) >= 11 is 0. The molecule has 2 heterocycles. The van der Waals surface area contributed by atoms with Gasteiger partial charge in [0.1, 0.15) is 0 Å². The Balaban J connectivity index is 1.72. The first-order valence-electron chi connectivity index (χ1n) is 6.92. The molecule has 0 spiro atoms. The molecule has 4 heteroatoms. The van der Waals surface area contributed by atoms with Crippen molar-refractivity contribution in [1.82, 2.24) is 14.9 Å². The van der Waals surface area contributed by atoms with Crippen molar-refractivity contribution < 1.29 is 0 Å². The molecule has 0 aliphatic carbocycles. The Hall–Kier alpha value is -1.81. The zero-order chi connectivity index (χ0) is 13.1. The molecule has 1 unspecified atom stereocenters. The van der Waals surface area contributed by atoms with Crippen molar-refractivity contribution in [1.29, 1.82) is 0 Å². The molecule has 2 aromatic rings. The molecule has 1 aliphatic rings. The summed E-state index contributed by atoms with van der Waals surface area (Å²) in [6.07, 6.45) is 8.36. The van der Waals surface area contributed by atoms with Gasteiger partial charge in [-0.05, 0) is 43.5 Å². The maximum absolute atomic E-state index is 11.5. The molecule has 2 N–H and O–H groups in total. The minimum atomic E-state index is -0.0957. The summed E-state index contributed by atoms with van der Waals surface area (Å²) in [5.41, 5.74) is 2.14. The predicted molar refractivity (Wildman–Crippen MR) is 75.7 cm³/mol. The van der Waals surface area contributed by atoms with E-state index in [9.17, 15) is 4.79 Å². The van der Waals surface area contributed by atoms with E-state index in [1.165, 1.54) is 24.8 Å². The summed E-state index contributed by atoms with van der Waals surface area (Å²) in [6, 6.07) is 8.85. The second kappa shape index (κ2) is 5.45. The molecule has 100 valence electrons. The van der Waals surface area contributed by atoms with Crippen molar-refractivity contribution in [3.05, 3.63) is 52.7 Å². The zero-order valence-electron chi connectivity index (χ0n) is 10.9. The topological polar surface area (TPSA) is 49.8 Å². The minimum absolute atomic E-state index is 0.0957. The average molecular weight is 257 g/mol. The van der Waals surface area contributed by atoms with Gasteiger partial charge in [0, 0.05) is 18.4 Å². The Morgan fingerprint density at radius 3 is 2.68 bits per heavy atom. The van der Waals surface area contributed by atoms with E-state index in [2.05, 4.69) is 22.4 Å². The van der Waals surface area contributed by atoms with Gasteiger partial charge >= 0.3 is 5.69 Å². The van der Waals surface area contributed by atoms with Crippen LogP contribution in [0.4, 0.5) is 0 Å². The Labute approximate surface area is 112 Å². The number of piperidine rings is 1. The van der Waals surface area contributed by atoms with Crippen molar-refractivity contribution in [3.63, 3.8) is 0 Å². The molecule has 0 saturated carbocycles. The highest BCUT2D eigenvalue weighted by Gasteiger charge is 2.12. The summed E-state index contributed by atoms with van der Waals surface area (Å²) in [7, 11) is 0. The lowest BCUT2D eigenvalue weighted by atomic mass is 9.98. The van der Waals surface area contributed by atoms with Crippen LogP contribution < -0.4 is 11.0 Å². The maximum Gasteiger partial charge on any atom is 0.330 e. The lowest BCUT2D eigenvalue weighted by Gasteiger charge is -2.23. The summed E-state index contributed by atoms with van der Waals surface area (Å²) < 4.78 is 1.61. The molecular formula is C15H19N3O. The average Bonchev–Trinajstić information content (AvgIpc) is 2.87. The number of hydrogen-bond donors (Lipinski definition) is 2. The highest BCUT2D eigenvalue weighted by atomic mass is 16.1. The number of hydrogen-bond acceptors (Lipinski definition) is 2. The summed E-state index contributed by atoms with van der Waals surface area (Å²) in [5, 5.41) is 3.56. The van der Waals surface area contributed by atoms with Gasteiger partial charge in [0.05, 0.1) is 5.69 Å². The number of benzene rings is 1. The molecule has 19 heavy (non-hydrogen) atoms. The second-order valence-electron chi connectivity index (χ2n) is 5.15. The number of nitrogens with zero attached hydrogens (tertiary/aromatic N) is 1. The fourth-order valence-corrected chi connectivity index (χ4v) is 2.70. The minimum Gasteiger partial charge on any atom is -0.314 e. The van der Waals surface area contributed by atoms with Crippen molar-refractivity contribution in [2.45, 2.75) is 31.7 Å². The fraction of sp³-hybridized carbons (Fsp3) is 0.400. The third-order valence-electron chi connectivity index (χ3n) is 3.76. The number of imidazole rings is 1. The molecule has 4 nitrogen and oxygen atoms in total. The van der Waals surface area contributed by atoms with E-state index in [4.69, 9.17) is 0 Å². The third kappa shape index (κ3) is 2.79. The second-order valence-corrected chi connectivity index (χ2v) is 5.15. The van der Waals surface area contributed by atoms with Crippen LogP contribution in [0.1, 0.15) is 24.8 Å². The fourth-order valence-electron chi connectivity index (χ4n) is 2.70. The first kappa shape index (κ1) is 12.2. The van der Waals surface area contributed by atoms with Crippen LogP contribution in [0.15, 0.2) is 41.5 Å². The van der Waals surface area contributed by atoms with E-state index in [-0.39, 0.29) is 5.69 Å².